The van der Waals surface area contributed by atoms with E-state index in [0.29, 0.717) is 35.6 Å². The first-order valence-corrected chi connectivity index (χ1v) is 12.9. The minimum absolute atomic E-state index is 0.0528. The fraction of sp³-hybridized carbons (Fsp3) is 0.267. The molecule has 1 aliphatic rings. The molecule has 2 N–H and O–H groups in total. The molecule has 0 aliphatic carbocycles. The molecule has 40 heavy (non-hydrogen) atoms. The van der Waals surface area contributed by atoms with Gasteiger partial charge in [0.2, 0.25) is 5.90 Å². The van der Waals surface area contributed by atoms with E-state index in [1.165, 1.54) is 0 Å². The number of nitrogens with one attached hydrogen (secondary N) is 1. The maximum absolute atomic E-state index is 13.9. The van der Waals surface area contributed by atoms with Crippen LogP contribution >= 0.6 is 0 Å². The molecule has 1 amide bonds. The number of aliphatic imine (C=N–C) groups is 1. The van der Waals surface area contributed by atoms with Crippen LogP contribution < -0.4 is 10.2 Å². The van der Waals surface area contributed by atoms with E-state index < -0.39 is 11.6 Å². The van der Waals surface area contributed by atoms with Crippen LogP contribution in [0.4, 0.5) is 5.69 Å². The second-order valence-corrected chi connectivity index (χ2v) is 9.39. The van der Waals surface area contributed by atoms with Gasteiger partial charge in [-0.05, 0) is 35.4 Å². The Morgan fingerprint density at radius 3 is 2.58 bits per heavy atom. The van der Waals surface area contributed by atoms with Crippen molar-refractivity contribution in [3.63, 3.8) is 0 Å². The molecule has 0 spiro atoms. The van der Waals surface area contributed by atoms with Crippen LogP contribution in [0.2, 0.25) is 0 Å². The summed E-state index contributed by atoms with van der Waals surface area (Å²) >= 11 is 0. The normalized spacial score (nSPS) is 18.2. The molecule has 10 heteroatoms. The van der Waals surface area contributed by atoms with Gasteiger partial charge in [0, 0.05) is 55.3 Å². The van der Waals surface area contributed by atoms with Crippen molar-refractivity contribution >= 4 is 23.6 Å². The lowest BCUT2D eigenvalue weighted by Crippen LogP contribution is -2.52. The van der Waals surface area contributed by atoms with Crippen molar-refractivity contribution in [2.24, 2.45) is 10.1 Å². The van der Waals surface area contributed by atoms with Gasteiger partial charge in [-0.2, -0.15) is 0 Å². The average molecular weight is 541 g/mol. The smallest absolute Gasteiger partial charge is 0.266 e. The van der Waals surface area contributed by atoms with Crippen molar-refractivity contribution in [1.82, 2.24) is 10.4 Å². The average Bonchev–Trinajstić information content (AvgIpc) is 3.35. The largest absolute Gasteiger partial charge is 0.494 e. The Labute approximate surface area is 233 Å². The summed E-state index contributed by atoms with van der Waals surface area (Å²) in [4.78, 5) is 21.8. The number of aliphatic hydroxyl groups is 1. The molecule has 3 aromatic rings. The molecule has 0 radical (unpaired) electrons. The van der Waals surface area contributed by atoms with E-state index >= 15 is 0 Å². The second kappa shape index (κ2) is 13.4. The lowest BCUT2D eigenvalue weighted by Gasteiger charge is -2.31. The minimum atomic E-state index is -1.41. The quantitative estimate of drug-likeness (QED) is 0.105. The predicted octanol–water partition coefficient (Wildman–Crippen LogP) is 5.34. The number of rotatable bonds is 12. The van der Waals surface area contributed by atoms with E-state index in [1.54, 1.807) is 55.5 Å². The zero-order valence-electron chi connectivity index (χ0n) is 22.5. The van der Waals surface area contributed by atoms with E-state index in [1.807, 2.05) is 54.6 Å². The van der Waals surface area contributed by atoms with Gasteiger partial charge in [0.25, 0.3) is 5.91 Å². The van der Waals surface area contributed by atoms with Crippen LogP contribution in [0.15, 0.2) is 95.0 Å². The van der Waals surface area contributed by atoms with Crippen LogP contribution in [0.3, 0.4) is 0 Å². The van der Waals surface area contributed by atoms with Gasteiger partial charge >= 0.3 is 0 Å². The molecule has 0 fully saturated rings. The van der Waals surface area contributed by atoms with Crippen LogP contribution in [0.25, 0.3) is 16.5 Å². The third-order valence-electron chi connectivity index (χ3n) is 6.27. The zero-order chi connectivity index (χ0) is 28.4. The number of hydrogen-bond acceptors (Lipinski definition) is 7. The van der Waals surface area contributed by atoms with Crippen molar-refractivity contribution < 1.29 is 19.4 Å². The van der Waals surface area contributed by atoms with Crippen molar-refractivity contribution in [3.8, 4) is 5.75 Å². The number of benzene rings is 3. The Kier molecular flexibility index (Phi) is 9.53. The summed E-state index contributed by atoms with van der Waals surface area (Å²) < 4.78 is 12.1. The molecule has 3 aromatic carbocycles. The highest BCUT2D eigenvalue weighted by Gasteiger charge is 2.53. The number of ether oxygens (including phenoxy) is 2. The van der Waals surface area contributed by atoms with Crippen molar-refractivity contribution in [2.75, 3.05) is 27.3 Å². The highest BCUT2D eigenvalue weighted by Crippen LogP contribution is 2.45. The maximum atomic E-state index is 13.9. The Hall–Kier alpha value is -4.63. The molecule has 206 valence electrons. The predicted molar refractivity (Wildman–Crippen MR) is 154 cm³/mol. The number of amides is 1. The monoisotopic (exact) mass is 540 g/mol. The van der Waals surface area contributed by atoms with E-state index in [9.17, 15) is 10.3 Å². The van der Waals surface area contributed by atoms with Crippen molar-refractivity contribution in [1.29, 1.82) is 0 Å². The number of nitrogens with zero attached hydrogens (tertiary/aromatic N) is 5. The molecule has 0 saturated carbocycles. The van der Waals surface area contributed by atoms with Crippen molar-refractivity contribution in [3.05, 3.63) is 112 Å². The molecule has 10 nitrogen and oxygen atoms in total. The van der Waals surface area contributed by atoms with E-state index in [-0.39, 0.29) is 24.8 Å². The summed E-state index contributed by atoms with van der Waals surface area (Å²) in [6.07, 6.45) is 3.70. The SMILES string of the molecule is CN(C)NC(=O)[C@@]1(C/C=C/c2ccccc2)N=C(c2ccc(OCCCO)cc2)O[C@H]1c1ccccc1N=[N+]=[N-]. The number of hydrogen-bond donors (Lipinski definition) is 2. The molecular formula is C30H32N6O4. The number of hydrazine groups is 1. The Balaban J connectivity index is 1.79. The molecule has 1 aliphatic heterocycles. The first kappa shape index (κ1) is 28.4. The number of carbonyl (C=O) groups is 1. The summed E-state index contributed by atoms with van der Waals surface area (Å²) in [6.45, 7) is 0.449. The summed E-state index contributed by atoms with van der Waals surface area (Å²) in [5, 5.41) is 14.4. The van der Waals surface area contributed by atoms with Gasteiger partial charge in [0.15, 0.2) is 11.6 Å². The third-order valence-corrected chi connectivity index (χ3v) is 6.27. The van der Waals surface area contributed by atoms with Crippen LogP contribution in [0.5, 0.6) is 5.75 Å². The number of carbonyl (C=O) groups excluding carboxylic acids is 1. The van der Waals surface area contributed by atoms with Crippen LogP contribution in [0.1, 0.15) is 35.6 Å². The topological polar surface area (TPSA) is 132 Å². The van der Waals surface area contributed by atoms with Gasteiger partial charge < -0.3 is 14.6 Å². The molecular weight excluding hydrogens is 508 g/mol. The Morgan fingerprint density at radius 2 is 1.88 bits per heavy atom. The van der Waals surface area contributed by atoms with Gasteiger partial charge in [-0.15, -0.1) is 0 Å². The third kappa shape index (κ3) is 6.68. The summed E-state index contributed by atoms with van der Waals surface area (Å²) in [5.41, 5.74) is 13.2. The van der Waals surface area contributed by atoms with Gasteiger partial charge in [-0.25, -0.2) is 10.0 Å². The van der Waals surface area contributed by atoms with Gasteiger partial charge in [-0.3, -0.25) is 10.2 Å². The molecule has 1 heterocycles. The second-order valence-electron chi connectivity index (χ2n) is 9.39. The van der Waals surface area contributed by atoms with Gasteiger partial charge in [-0.1, -0.05) is 71.9 Å². The fourth-order valence-corrected chi connectivity index (χ4v) is 4.38. The highest BCUT2D eigenvalue weighted by molar-refractivity contribution is 6.01. The highest BCUT2D eigenvalue weighted by atomic mass is 16.5. The van der Waals surface area contributed by atoms with E-state index in [0.717, 1.165) is 5.56 Å². The molecule has 0 aromatic heterocycles. The standard InChI is InChI=1S/C30H32N6O4/c1-36(2)34-29(38)30(19-8-12-22-10-4-3-5-11-22)27(25-13-6-7-14-26(25)33-35-31)40-28(32-30)23-15-17-24(18-16-23)39-21-9-20-37/h3-8,10-18,27,37H,9,19-21H2,1-2H3,(H,34,38)/b12-8+/t27-,30-/m0/s1. The van der Waals surface area contributed by atoms with Crippen molar-refractivity contribution in [2.45, 2.75) is 24.5 Å². The van der Waals surface area contributed by atoms with Crippen LogP contribution in [0, 0.1) is 0 Å². The lowest BCUT2D eigenvalue weighted by molar-refractivity contribution is -0.132. The number of aliphatic hydroxyl groups excluding tert-OH is 1. The van der Waals surface area contributed by atoms with Gasteiger partial charge in [0.05, 0.1) is 6.61 Å². The minimum Gasteiger partial charge on any atom is -0.494 e. The lowest BCUT2D eigenvalue weighted by atomic mass is 9.83. The Morgan fingerprint density at radius 1 is 1.15 bits per heavy atom. The first-order valence-electron chi connectivity index (χ1n) is 12.9. The molecule has 0 bridgehead atoms. The summed E-state index contributed by atoms with van der Waals surface area (Å²) in [5.74, 6) is 0.558. The van der Waals surface area contributed by atoms with E-state index in [4.69, 9.17) is 19.6 Å². The number of azide groups is 1. The van der Waals surface area contributed by atoms with Crippen LogP contribution in [-0.2, 0) is 9.53 Å². The molecule has 0 unspecified atom stereocenters. The summed E-state index contributed by atoms with van der Waals surface area (Å²) in [7, 11) is 3.45. The van der Waals surface area contributed by atoms with Gasteiger partial charge in [0.1, 0.15) is 5.75 Å². The van der Waals surface area contributed by atoms with E-state index in [2.05, 4.69) is 15.5 Å². The Bertz CT molecular complexity index is 1400. The first-order chi connectivity index (χ1) is 19.5. The summed E-state index contributed by atoms with van der Waals surface area (Å²) in [6, 6.07) is 24.0. The fourth-order valence-electron chi connectivity index (χ4n) is 4.38. The molecule has 4 rings (SSSR count). The maximum Gasteiger partial charge on any atom is 0.266 e. The molecule has 2 atom stereocenters. The molecule has 0 saturated heterocycles. The van der Waals surface area contributed by atoms with Crippen LogP contribution in [-0.4, -0.2) is 54.8 Å². The zero-order valence-corrected chi connectivity index (χ0v) is 22.5.